The fourth-order valence-corrected chi connectivity index (χ4v) is 1.34. The quantitative estimate of drug-likeness (QED) is 0.606. The maximum Gasteiger partial charge on any atom is 0.0559 e. The largest absolute Gasteiger partial charge is 0.396 e. The topological polar surface area (TPSA) is 70.3 Å². The van der Waals surface area contributed by atoms with Crippen molar-refractivity contribution in [3.63, 3.8) is 0 Å². The Kier molecular flexibility index (Phi) is 4.92. The van der Waals surface area contributed by atoms with E-state index in [1.54, 1.807) is 6.20 Å². The average Bonchev–Trinajstić information content (AvgIpc) is 2.79. The van der Waals surface area contributed by atoms with Gasteiger partial charge in [-0.2, -0.15) is 5.10 Å². The van der Waals surface area contributed by atoms with Crippen LogP contribution in [-0.4, -0.2) is 45.8 Å². The number of nitrogens with zero attached hydrogens (tertiary/aromatic N) is 2. The van der Waals surface area contributed by atoms with E-state index in [1.807, 2.05) is 23.9 Å². The highest BCUT2D eigenvalue weighted by Crippen LogP contribution is 2.12. The lowest BCUT2D eigenvalue weighted by atomic mass is 9.93. The van der Waals surface area contributed by atoms with Crippen molar-refractivity contribution < 1.29 is 10.2 Å². The molecule has 1 heterocycles. The monoisotopic (exact) mass is 227 g/mol. The van der Waals surface area contributed by atoms with Gasteiger partial charge in [0.2, 0.25) is 0 Å². The van der Waals surface area contributed by atoms with Crippen LogP contribution >= 0.6 is 0 Å². The maximum absolute atomic E-state index is 9.14. The van der Waals surface area contributed by atoms with Gasteiger partial charge in [0.05, 0.1) is 19.8 Å². The standard InChI is InChI=1S/C11H21N3O2/c1-10(6-14-5-3-4-13-14)12-7-11(2,8-15)9-16/h3-5,10,12,15-16H,6-9H2,1-2H3. The minimum Gasteiger partial charge on any atom is -0.396 e. The predicted molar refractivity (Wildman–Crippen MR) is 62.0 cm³/mol. The molecule has 5 nitrogen and oxygen atoms in total. The van der Waals surface area contributed by atoms with Crippen molar-refractivity contribution in [1.29, 1.82) is 0 Å². The lowest BCUT2D eigenvalue weighted by Gasteiger charge is -2.27. The molecule has 0 saturated carbocycles. The molecule has 1 rings (SSSR count). The molecule has 16 heavy (non-hydrogen) atoms. The van der Waals surface area contributed by atoms with Gasteiger partial charge >= 0.3 is 0 Å². The highest BCUT2D eigenvalue weighted by atomic mass is 16.3. The Balaban J connectivity index is 2.32. The molecule has 0 fully saturated rings. The molecule has 1 unspecified atom stereocenters. The molecule has 0 amide bonds. The molecule has 0 aromatic carbocycles. The molecule has 0 bridgehead atoms. The third-order valence-electron chi connectivity index (χ3n) is 2.66. The Morgan fingerprint density at radius 3 is 2.62 bits per heavy atom. The number of hydrogen-bond acceptors (Lipinski definition) is 4. The molecule has 0 aliphatic heterocycles. The van der Waals surface area contributed by atoms with Crippen molar-refractivity contribution in [1.82, 2.24) is 15.1 Å². The van der Waals surface area contributed by atoms with Crippen molar-refractivity contribution >= 4 is 0 Å². The van der Waals surface area contributed by atoms with Crippen LogP contribution in [0.1, 0.15) is 13.8 Å². The van der Waals surface area contributed by atoms with Crippen LogP contribution in [0.15, 0.2) is 18.5 Å². The second kappa shape index (κ2) is 5.98. The average molecular weight is 227 g/mol. The fraction of sp³-hybridized carbons (Fsp3) is 0.727. The van der Waals surface area contributed by atoms with Crippen LogP contribution in [0.4, 0.5) is 0 Å². The molecule has 5 heteroatoms. The summed E-state index contributed by atoms with van der Waals surface area (Å²) >= 11 is 0. The molecule has 0 aliphatic rings. The number of nitrogens with one attached hydrogen (secondary N) is 1. The van der Waals surface area contributed by atoms with Crippen molar-refractivity contribution in [2.45, 2.75) is 26.4 Å². The van der Waals surface area contributed by atoms with Gasteiger partial charge in [-0.15, -0.1) is 0 Å². The predicted octanol–water partition coefficient (Wildman–Crippen LogP) is -0.148. The number of aliphatic hydroxyl groups is 2. The zero-order valence-corrected chi connectivity index (χ0v) is 9.93. The van der Waals surface area contributed by atoms with E-state index in [9.17, 15) is 0 Å². The molecular weight excluding hydrogens is 206 g/mol. The van der Waals surface area contributed by atoms with E-state index in [0.29, 0.717) is 6.54 Å². The molecule has 92 valence electrons. The Morgan fingerprint density at radius 2 is 2.12 bits per heavy atom. The molecular formula is C11H21N3O2. The normalized spacial score (nSPS) is 14.0. The smallest absolute Gasteiger partial charge is 0.0559 e. The van der Waals surface area contributed by atoms with Gasteiger partial charge in [0.25, 0.3) is 0 Å². The van der Waals surface area contributed by atoms with Crippen LogP contribution in [0.5, 0.6) is 0 Å². The minimum atomic E-state index is -0.460. The SMILES string of the molecule is CC(Cn1cccn1)NCC(C)(CO)CO. The molecule has 0 spiro atoms. The first kappa shape index (κ1) is 13.2. The van der Waals surface area contributed by atoms with Crippen LogP contribution in [0.3, 0.4) is 0 Å². The van der Waals surface area contributed by atoms with E-state index in [4.69, 9.17) is 10.2 Å². The van der Waals surface area contributed by atoms with Gasteiger partial charge in [0.1, 0.15) is 0 Å². The summed E-state index contributed by atoms with van der Waals surface area (Å²) in [4.78, 5) is 0. The first-order valence-electron chi connectivity index (χ1n) is 5.52. The van der Waals surface area contributed by atoms with E-state index >= 15 is 0 Å². The lowest BCUT2D eigenvalue weighted by molar-refractivity contribution is 0.0672. The first-order valence-corrected chi connectivity index (χ1v) is 5.52. The van der Waals surface area contributed by atoms with Gasteiger partial charge in [-0.1, -0.05) is 6.92 Å². The highest BCUT2D eigenvalue weighted by molar-refractivity contribution is 4.80. The van der Waals surface area contributed by atoms with Crippen molar-refractivity contribution in [3.05, 3.63) is 18.5 Å². The molecule has 1 aromatic rings. The molecule has 0 radical (unpaired) electrons. The third kappa shape index (κ3) is 3.92. The van der Waals surface area contributed by atoms with Gasteiger partial charge in [-0.25, -0.2) is 0 Å². The summed E-state index contributed by atoms with van der Waals surface area (Å²) in [6, 6.07) is 2.13. The number of aliphatic hydroxyl groups excluding tert-OH is 2. The van der Waals surface area contributed by atoms with E-state index in [-0.39, 0.29) is 19.3 Å². The third-order valence-corrected chi connectivity index (χ3v) is 2.66. The molecule has 0 aliphatic carbocycles. The molecule has 3 N–H and O–H groups in total. The second-order valence-corrected chi connectivity index (χ2v) is 4.64. The summed E-state index contributed by atoms with van der Waals surface area (Å²) in [6.45, 7) is 5.22. The fourth-order valence-electron chi connectivity index (χ4n) is 1.34. The summed E-state index contributed by atoms with van der Waals surface area (Å²) in [6.07, 6.45) is 3.66. The van der Waals surface area contributed by atoms with Gasteiger partial charge < -0.3 is 15.5 Å². The zero-order valence-electron chi connectivity index (χ0n) is 9.93. The van der Waals surface area contributed by atoms with Crippen LogP contribution in [0.25, 0.3) is 0 Å². The minimum absolute atomic E-state index is 0.0228. The summed E-state index contributed by atoms with van der Waals surface area (Å²) in [5.74, 6) is 0. The van der Waals surface area contributed by atoms with E-state index in [2.05, 4.69) is 17.3 Å². The number of hydrogen-bond donors (Lipinski definition) is 3. The maximum atomic E-state index is 9.14. The Hall–Kier alpha value is -0.910. The summed E-state index contributed by atoms with van der Waals surface area (Å²) in [5, 5.41) is 25.7. The summed E-state index contributed by atoms with van der Waals surface area (Å²) in [5.41, 5.74) is -0.460. The Bertz CT molecular complexity index is 283. The van der Waals surface area contributed by atoms with Crippen LogP contribution in [0, 0.1) is 5.41 Å². The van der Waals surface area contributed by atoms with Gasteiger partial charge in [0.15, 0.2) is 0 Å². The van der Waals surface area contributed by atoms with Gasteiger partial charge in [-0.05, 0) is 13.0 Å². The number of aromatic nitrogens is 2. The first-order chi connectivity index (χ1) is 7.59. The van der Waals surface area contributed by atoms with Crippen molar-refractivity contribution in [2.24, 2.45) is 5.41 Å². The molecule has 0 saturated heterocycles. The highest BCUT2D eigenvalue weighted by Gasteiger charge is 2.22. The van der Waals surface area contributed by atoms with Crippen LogP contribution in [-0.2, 0) is 6.54 Å². The Labute approximate surface area is 96.1 Å². The van der Waals surface area contributed by atoms with Crippen molar-refractivity contribution in [3.8, 4) is 0 Å². The second-order valence-electron chi connectivity index (χ2n) is 4.64. The van der Waals surface area contributed by atoms with E-state index in [1.165, 1.54) is 0 Å². The van der Waals surface area contributed by atoms with Crippen LogP contribution in [0.2, 0.25) is 0 Å². The number of rotatable bonds is 7. The van der Waals surface area contributed by atoms with Crippen molar-refractivity contribution in [2.75, 3.05) is 19.8 Å². The van der Waals surface area contributed by atoms with Gasteiger partial charge in [-0.3, -0.25) is 4.68 Å². The van der Waals surface area contributed by atoms with E-state index in [0.717, 1.165) is 6.54 Å². The zero-order chi connectivity index (χ0) is 12.0. The molecule has 1 aromatic heterocycles. The van der Waals surface area contributed by atoms with Crippen LogP contribution < -0.4 is 5.32 Å². The summed E-state index contributed by atoms with van der Waals surface area (Å²) < 4.78 is 1.85. The van der Waals surface area contributed by atoms with Gasteiger partial charge in [0, 0.05) is 30.4 Å². The Morgan fingerprint density at radius 1 is 1.44 bits per heavy atom. The molecule has 1 atom stereocenters. The van der Waals surface area contributed by atoms with E-state index < -0.39 is 5.41 Å². The summed E-state index contributed by atoms with van der Waals surface area (Å²) in [7, 11) is 0. The lowest BCUT2D eigenvalue weighted by Crippen LogP contribution is -2.42.